The van der Waals surface area contributed by atoms with E-state index in [2.05, 4.69) is 46.6 Å². The summed E-state index contributed by atoms with van der Waals surface area (Å²) in [5.74, 6) is 2.41. The Bertz CT molecular complexity index is 671. The van der Waals surface area contributed by atoms with Gasteiger partial charge in [-0.25, -0.2) is 9.98 Å². The van der Waals surface area contributed by atoms with Gasteiger partial charge in [-0.05, 0) is 38.3 Å². The Hall–Kier alpha value is -2.30. The van der Waals surface area contributed by atoms with Gasteiger partial charge in [0, 0.05) is 18.7 Å². The average molecular weight is 326 g/mol. The normalized spacial score (nSPS) is 14.7. The molecule has 3 rings (SSSR count). The topological polar surface area (TPSA) is 62.5 Å². The molecule has 0 aliphatic heterocycles. The second-order valence-electron chi connectivity index (χ2n) is 6.36. The number of hydrogen-bond acceptors (Lipinski definition) is 3. The molecule has 5 nitrogen and oxygen atoms in total. The van der Waals surface area contributed by atoms with Gasteiger partial charge in [0.25, 0.3) is 0 Å². The maximum atomic E-state index is 5.58. The number of oxazole rings is 1. The summed E-state index contributed by atoms with van der Waals surface area (Å²) in [5, 5.41) is 6.66. The molecule has 1 heterocycles. The van der Waals surface area contributed by atoms with Crippen molar-refractivity contribution in [2.24, 2.45) is 10.9 Å². The minimum Gasteiger partial charge on any atom is -0.444 e. The molecule has 0 spiro atoms. The van der Waals surface area contributed by atoms with Crippen LogP contribution in [-0.2, 0) is 6.54 Å². The highest BCUT2D eigenvalue weighted by Crippen LogP contribution is 2.31. The van der Waals surface area contributed by atoms with E-state index in [-0.39, 0.29) is 0 Å². The first kappa shape index (κ1) is 16.6. The zero-order valence-electron chi connectivity index (χ0n) is 14.5. The second kappa shape index (κ2) is 7.99. The first-order valence-electron chi connectivity index (χ1n) is 8.78. The van der Waals surface area contributed by atoms with Crippen molar-refractivity contribution in [2.45, 2.75) is 39.7 Å². The quantitative estimate of drug-likeness (QED) is 0.604. The van der Waals surface area contributed by atoms with Crippen molar-refractivity contribution < 1.29 is 4.42 Å². The zero-order chi connectivity index (χ0) is 16.8. The van der Waals surface area contributed by atoms with Gasteiger partial charge in [0.05, 0.1) is 6.54 Å². The summed E-state index contributed by atoms with van der Waals surface area (Å²) in [6.07, 6.45) is 5.69. The van der Waals surface area contributed by atoms with Crippen LogP contribution in [0.1, 0.15) is 37.4 Å². The summed E-state index contributed by atoms with van der Waals surface area (Å²) in [6.45, 7) is 6.47. The molecular formula is C19H26N4O. The zero-order valence-corrected chi connectivity index (χ0v) is 14.5. The molecule has 0 bridgehead atoms. The Balaban J connectivity index is 1.57. The molecule has 0 amide bonds. The summed E-state index contributed by atoms with van der Waals surface area (Å²) in [7, 11) is 0. The van der Waals surface area contributed by atoms with E-state index in [0.29, 0.717) is 12.4 Å². The molecule has 0 atom stereocenters. The van der Waals surface area contributed by atoms with Gasteiger partial charge in [0.2, 0.25) is 5.89 Å². The van der Waals surface area contributed by atoms with Crippen LogP contribution in [0.15, 0.2) is 39.9 Å². The number of benzene rings is 1. The van der Waals surface area contributed by atoms with Gasteiger partial charge >= 0.3 is 0 Å². The fourth-order valence-electron chi connectivity index (χ4n) is 2.51. The van der Waals surface area contributed by atoms with Crippen LogP contribution in [0.25, 0.3) is 11.5 Å². The minimum atomic E-state index is 0.508. The number of aryl methyl sites for hydroxylation is 1. The summed E-state index contributed by atoms with van der Waals surface area (Å²) in [5.41, 5.74) is 3.05. The molecule has 0 unspecified atom stereocenters. The van der Waals surface area contributed by atoms with E-state index in [1.165, 1.54) is 24.8 Å². The average Bonchev–Trinajstić information content (AvgIpc) is 3.29. The molecule has 1 aliphatic rings. The number of nitrogens with one attached hydrogen (secondary N) is 2. The molecule has 1 aromatic carbocycles. The lowest BCUT2D eigenvalue weighted by Gasteiger charge is -2.10. The molecule has 2 N–H and O–H groups in total. The van der Waals surface area contributed by atoms with Crippen LogP contribution in [-0.4, -0.2) is 24.0 Å². The van der Waals surface area contributed by atoms with Crippen LogP contribution in [0.3, 0.4) is 0 Å². The minimum absolute atomic E-state index is 0.508. The second-order valence-corrected chi connectivity index (χ2v) is 6.36. The van der Waals surface area contributed by atoms with E-state index in [0.717, 1.165) is 36.2 Å². The van der Waals surface area contributed by atoms with Crippen LogP contribution in [0.5, 0.6) is 0 Å². The summed E-state index contributed by atoms with van der Waals surface area (Å²) in [4.78, 5) is 9.13. The number of nitrogens with zero attached hydrogens (tertiary/aromatic N) is 2. The molecule has 1 aromatic heterocycles. The molecule has 0 radical (unpaired) electrons. The van der Waals surface area contributed by atoms with E-state index in [9.17, 15) is 0 Å². The molecule has 1 saturated carbocycles. The van der Waals surface area contributed by atoms with Crippen molar-refractivity contribution in [3.8, 4) is 11.5 Å². The Morgan fingerprint density at radius 1 is 1.25 bits per heavy atom. The lowest BCUT2D eigenvalue weighted by Crippen LogP contribution is -2.37. The predicted octanol–water partition coefficient (Wildman–Crippen LogP) is 3.51. The van der Waals surface area contributed by atoms with Gasteiger partial charge in [0.1, 0.15) is 12.0 Å². The fourth-order valence-corrected chi connectivity index (χ4v) is 2.51. The molecule has 24 heavy (non-hydrogen) atoms. The Morgan fingerprint density at radius 2 is 2.04 bits per heavy atom. The lowest BCUT2D eigenvalue weighted by molar-refractivity contribution is 0.572. The van der Waals surface area contributed by atoms with Gasteiger partial charge in [-0.3, -0.25) is 0 Å². The third kappa shape index (κ3) is 4.85. The van der Waals surface area contributed by atoms with Gasteiger partial charge < -0.3 is 15.1 Å². The molecular weight excluding hydrogens is 300 g/mol. The number of hydrogen-bond donors (Lipinski definition) is 2. The molecule has 1 fully saturated rings. The van der Waals surface area contributed by atoms with Gasteiger partial charge in [0.15, 0.2) is 5.96 Å². The van der Waals surface area contributed by atoms with Crippen LogP contribution >= 0.6 is 0 Å². The molecule has 5 heteroatoms. The highest BCUT2D eigenvalue weighted by atomic mass is 16.3. The van der Waals surface area contributed by atoms with Crippen molar-refractivity contribution in [2.75, 3.05) is 13.1 Å². The van der Waals surface area contributed by atoms with Crippen molar-refractivity contribution >= 4 is 5.96 Å². The highest BCUT2D eigenvalue weighted by Gasteiger charge is 2.20. The Kier molecular flexibility index (Phi) is 5.51. The molecule has 1 aliphatic carbocycles. The van der Waals surface area contributed by atoms with E-state index < -0.39 is 0 Å². The number of aromatic nitrogens is 1. The van der Waals surface area contributed by atoms with Crippen molar-refractivity contribution in [3.05, 3.63) is 41.8 Å². The van der Waals surface area contributed by atoms with Crippen LogP contribution in [0.4, 0.5) is 0 Å². The van der Waals surface area contributed by atoms with Crippen molar-refractivity contribution in [1.82, 2.24) is 15.6 Å². The van der Waals surface area contributed by atoms with Crippen LogP contribution in [0, 0.1) is 12.8 Å². The first-order valence-corrected chi connectivity index (χ1v) is 8.78. The van der Waals surface area contributed by atoms with Crippen molar-refractivity contribution in [3.63, 3.8) is 0 Å². The molecule has 2 aromatic rings. The van der Waals surface area contributed by atoms with Gasteiger partial charge in [-0.2, -0.15) is 0 Å². The van der Waals surface area contributed by atoms with E-state index in [4.69, 9.17) is 4.42 Å². The number of rotatable bonds is 7. The van der Waals surface area contributed by atoms with Crippen molar-refractivity contribution in [1.29, 1.82) is 0 Å². The SMILES string of the molecule is CCNC(=NCc1coc(-c2ccc(C)cc2)n1)NCCC1CC1. The van der Waals surface area contributed by atoms with Crippen LogP contribution in [0.2, 0.25) is 0 Å². The smallest absolute Gasteiger partial charge is 0.226 e. The number of guanidine groups is 1. The third-order valence-corrected chi connectivity index (χ3v) is 4.14. The first-order chi connectivity index (χ1) is 11.7. The summed E-state index contributed by atoms with van der Waals surface area (Å²) >= 11 is 0. The predicted molar refractivity (Wildman–Crippen MR) is 96.8 cm³/mol. The third-order valence-electron chi connectivity index (χ3n) is 4.14. The summed E-state index contributed by atoms with van der Waals surface area (Å²) < 4.78 is 5.58. The molecule has 0 saturated heterocycles. The monoisotopic (exact) mass is 326 g/mol. The van der Waals surface area contributed by atoms with E-state index in [1.807, 2.05) is 12.1 Å². The van der Waals surface area contributed by atoms with E-state index in [1.54, 1.807) is 6.26 Å². The van der Waals surface area contributed by atoms with Gasteiger partial charge in [-0.1, -0.05) is 30.5 Å². The fraction of sp³-hybridized carbons (Fsp3) is 0.474. The largest absolute Gasteiger partial charge is 0.444 e. The Morgan fingerprint density at radius 3 is 2.75 bits per heavy atom. The highest BCUT2D eigenvalue weighted by molar-refractivity contribution is 5.79. The standard InChI is InChI=1S/C19H26N4O/c1-3-20-19(21-11-10-15-6-7-15)22-12-17-13-24-18(23-17)16-8-4-14(2)5-9-16/h4-5,8-9,13,15H,3,6-7,10-12H2,1-2H3,(H2,20,21,22). The Labute approximate surface area is 143 Å². The maximum Gasteiger partial charge on any atom is 0.226 e. The molecule has 128 valence electrons. The van der Waals surface area contributed by atoms with E-state index >= 15 is 0 Å². The number of aliphatic imine (C=N–C) groups is 1. The maximum absolute atomic E-state index is 5.58. The van der Waals surface area contributed by atoms with Gasteiger partial charge in [-0.15, -0.1) is 0 Å². The summed E-state index contributed by atoms with van der Waals surface area (Å²) in [6, 6.07) is 8.17. The lowest BCUT2D eigenvalue weighted by atomic mass is 10.1. The van der Waals surface area contributed by atoms with Crippen LogP contribution < -0.4 is 10.6 Å².